The van der Waals surface area contributed by atoms with Crippen LogP contribution in [0.2, 0.25) is 5.02 Å². The largest absolute Gasteiger partial charge is 0.494 e. The Kier molecular flexibility index (Phi) is 3.58. The van der Waals surface area contributed by atoms with Gasteiger partial charge in [-0.2, -0.15) is 0 Å². The molecule has 0 spiro atoms. The first kappa shape index (κ1) is 10.4. The van der Waals surface area contributed by atoms with Crippen LogP contribution in [0.3, 0.4) is 0 Å². The molecule has 0 N–H and O–H groups in total. The van der Waals surface area contributed by atoms with Crippen molar-refractivity contribution in [2.24, 2.45) is 0 Å². The number of carbonyl (C=O) groups is 1. The molecule has 1 aromatic rings. The summed E-state index contributed by atoms with van der Waals surface area (Å²) in [5, 5.41) is -0.0987. The lowest BCUT2D eigenvalue weighted by Crippen LogP contribution is -1.94. The van der Waals surface area contributed by atoms with Gasteiger partial charge in [0.05, 0.1) is 6.61 Å². The van der Waals surface area contributed by atoms with Crippen molar-refractivity contribution < 1.29 is 9.53 Å². The standard InChI is InChI=1S/C9H8Cl2O2/c1-2-13-8-4-6(9(11)12)3-7(10)5-8/h3-5H,2H2,1H3. The maximum Gasteiger partial charge on any atom is 0.252 e. The van der Waals surface area contributed by atoms with E-state index < -0.39 is 5.24 Å². The second kappa shape index (κ2) is 4.49. The first-order chi connectivity index (χ1) is 6.13. The summed E-state index contributed by atoms with van der Waals surface area (Å²) in [6.07, 6.45) is 0. The molecule has 0 unspecified atom stereocenters. The normalized spacial score (nSPS) is 9.77. The van der Waals surface area contributed by atoms with Crippen LogP contribution in [0.1, 0.15) is 17.3 Å². The molecule has 0 atom stereocenters. The number of carbonyl (C=O) groups excluding carboxylic acids is 1. The molecule has 0 saturated carbocycles. The predicted molar refractivity (Wildman–Crippen MR) is 52.8 cm³/mol. The van der Waals surface area contributed by atoms with Crippen LogP contribution in [-0.4, -0.2) is 11.8 Å². The van der Waals surface area contributed by atoms with Crippen LogP contribution < -0.4 is 4.74 Å². The van der Waals surface area contributed by atoms with Gasteiger partial charge in [0.15, 0.2) is 0 Å². The summed E-state index contributed by atoms with van der Waals surface area (Å²) >= 11 is 11.0. The van der Waals surface area contributed by atoms with Gasteiger partial charge in [-0.3, -0.25) is 4.79 Å². The summed E-state index contributed by atoms with van der Waals surface area (Å²) in [6, 6.07) is 4.69. The van der Waals surface area contributed by atoms with E-state index in [2.05, 4.69) is 0 Å². The second-order valence-electron chi connectivity index (χ2n) is 2.38. The lowest BCUT2D eigenvalue weighted by Gasteiger charge is -2.04. The minimum atomic E-state index is -0.538. The zero-order valence-corrected chi connectivity index (χ0v) is 8.52. The number of halogens is 2. The number of benzene rings is 1. The summed E-state index contributed by atoms with van der Waals surface area (Å²) in [6.45, 7) is 2.37. The monoisotopic (exact) mass is 218 g/mol. The highest BCUT2D eigenvalue weighted by atomic mass is 35.5. The van der Waals surface area contributed by atoms with Crippen molar-refractivity contribution in [1.82, 2.24) is 0 Å². The maximum absolute atomic E-state index is 10.8. The molecule has 0 bridgehead atoms. The van der Waals surface area contributed by atoms with Gasteiger partial charge < -0.3 is 4.74 Å². The van der Waals surface area contributed by atoms with Crippen molar-refractivity contribution in [2.45, 2.75) is 6.92 Å². The molecule has 1 rings (SSSR count). The van der Waals surface area contributed by atoms with Crippen molar-refractivity contribution in [3.05, 3.63) is 28.8 Å². The van der Waals surface area contributed by atoms with Crippen molar-refractivity contribution in [2.75, 3.05) is 6.61 Å². The highest BCUT2D eigenvalue weighted by Crippen LogP contribution is 2.21. The van der Waals surface area contributed by atoms with Crippen LogP contribution in [0.4, 0.5) is 0 Å². The van der Waals surface area contributed by atoms with E-state index in [-0.39, 0.29) is 0 Å². The summed E-state index contributed by atoms with van der Waals surface area (Å²) < 4.78 is 5.18. The lowest BCUT2D eigenvalue weighted by atomic mass is 10.2. The van der Waals surface area contributed by atoms with E-state index in [9.17, 15) is 4.79 Å². The van der Waals surface area contributed by atoms with E-state index in [1.54, 1.807) is 12.1 Å². The Labute approximate surface area is 86.4 Å². The van der Waals surface area contributed by atoms with Crippen LogP contribution in [0.15, 0.2) is 18.2 Å². The summed E-state index contributed by atoms with van der Waals surface area (Å²) in [5.74, 6) is 0.555. The third-order valence-electron chi connectivity index (χ3n) is 1.41. The van der Waals surface area contributed by atoms with Gasteiger partial charge in [0.2, 0.25) is 0 Å². The van der Waals surface area contributed by atoms with Crippen molar-refractivity contribution in [1.29, 1.82) is 0 Å². The Hall–Kier alpha value is -0.730. The predicted octanol–water partition coefficient (Wildman–Crippen LogP) is 3.12. The molecule has 0 aromatic heterocycles. The average molecular weight is 219 g/mol. The van der Waals surface area contributed by atoms with Gasteiger partial charge in [0, 0.05) is 10.6 Å². The van der Waals surface area contributed by atoms with E-state index >= 15 is 0 Å². The molecule has 0 radical (unpaired) electrons. The van der Waals surface area contributed by atoms with E-state index in [0.717, 1.165) is 0 Å². The van der Waals surface area contributed by atoms with Gasteiger partial charge in [-0.1, -0.05) is 11.6 Å². The zero-order chi connectivity index (χ0) is 9.84. The molecule has 0 heterocycles. The molecular weight excluding hydrogens is 211 g/mol. The average Bonchev–Trinajstić information content (AvgIpc) is 2.03. The smallest absolute Gasteiger partial charge is 0.252 e. The lowest BCUT2D eigenvalue weighted by molar-refractivity contribution is 0.108. The Balaban J connectivity index is 3.03. The molecule has 0 saturated heterocycles. The molecule has 4 heteroatoms. The topological polar surface area (TPSA) is 26.3 Å². The van der Waals surface area contributed by atoms with E-state index in [1.165, 1.54) is 6.07 Å². The summed E-state index contributed by atoms with van der Waals surface area (Å²) in [5.41, 5.74) is 0.345. The number of rotatable bonds is 3. The number of ether oxygens (including phenoxy) is 1. The van der Waals surface area contributed by atoms with Crippen LogP contribution in [-0.2, 0) is 0 Å². The van der Waals surface area contributed by atoms with Crippen LogP contribution in [0.25, 0.3) is 0 Å². The Morgan fingerprint density at radius 1 is 1.46 bits per heavy atom. The molecular formula is C9H8Cl2O2. The molecule has 2 nitrogen and oxygen atoms in total. The van der Waals surface area contributed by atoms with Gasteiger partial charge in [-0.05, 0) is 36.7 Å². The molecule has 0 amide bonds. The van der Waals surface area contributed by atoms with Gasteiger partial charge in [0.1, 0.15) is 5.75 Å². The molecule has 0 aliphatic carbocycles. The maximum atomic E-state index is 10.8. The fraction of sp³-hybridized carbons (Fsp3) is 0.222. The minimum absolute atomic E-state index is 0.345. The van der Waals surface area contributed by atoms with Crippen molar-refractivity contribution in [3.63, 3.8) is 0 Å². The molecule has 70 valence electrons. The fourth-order valence-corrected chi connectivity index (χ4v) is 1.26. The van der Waals surface area contributed by atoms with Gasteiger partial charge in [-0.15, -0.1) is 0 Å². The van der Waals surface area contributed by atoms with Gasteiger partial charge in [0.25, 0.3) is 5.24 Å². The Bertz CT molecular complexity index is 323. The SMILES string of the molecule is CCOc1cc(Cl)cc(C(=O)Cl)c1. The van der Waals surface area contributed by atoms with Crippen LogP contribution in [0, 0.1) is 0 Å². The molecule has 1 aromatic carbocycles. The number of hydrogen-bond donors (Lipinski definition) is 0. The molecule has 13 heavy (non-hydrogen) atoms. The highest BCUT2D eigenvalue weighted by molar-refractivity contribution is 6.67. The first-order valence-electron chi connectivity index (χ1n) is 3.76. The Morgan fingerprint density at radius 3 is 2.69 bits per heavy atom. The zero-order valence-electron chi connectivity index (χ0n) is 7.01. The summed E-state index contributed by atoms with van der Waals surface area (Å²) in [4.78, 5) is 10.8. The van der Waals surface area contributed by atoms with E-state index in [1.807, 2.05) is 6.92 Å². The van der Waals surface area contributed by atoms with Crippen molar-refractivity contribution in [3.8, 4) is 5.75 Å². The first-order valence-corrected chi connectivity index (χ1v) is 4.52. The fourth-order valence-electron chi connectivity index (χ4n) is 0.926. The van der Waals surface area contributed by atoms with Crippen molar-refractivity contribution >= 4 is 28.4 Å². The molecule has 0 aliphatic heterocycles. The molecule has 0 aliphatic rings. The highest BCUT2D eigenvalue weighted by Gasteiger charge is 2.05. The summed E-state index contributed by atoms with van der Waals surface area (Å²) in [7, 11) is 0. The van der Waals surface area contributed by atoms with Gasteiger partial charge >= 0.3 is 0 Å². The second-order valence-corrected chi connectivity index (χ2v) is 3.16. The molecule has 0 fully saturated rings. The third kappa shape index (κ3) is 2.90. The minimum Gasteiger partial charge on any atom is -0.494 e. The van der Waals surface area contributed by atoms with E-state index in [4.69, 9.17) is 27.9 Å². The van der Waals surface area contributed by atoms with Crippen LogP contribution in [0.5, 0.6) is 5.75 Å². The van der Waals surface area contributed by atoms with Gasteiger partial charge in [-0.25, -0.2) is 0 Å². The quantitative estimate of drug-likeness (QED) is 0.730. The Morgan fingerprint density at radius 2 is 2.15 bits per heavy atom. The third-order valence-corrected chi connectivity index (χ3v) is 1.85. The van der Waals surface area contributed by atoms with Crippen LogP contribution >= 0.6 is 23.2 Å². The number of hydrogen-bond acceptors (Lipinski definition) is 2. The van der Waals surface area contributed by atoms with E-state index in [0.29, 0.717) is 22.9 Å².